The number of sulfonamides is 1. The average Bonchev–Trinajstić information content (AvgIpc) is 2.39. The van der Waals surface area contributed by atoms with Crippen LogP contribution in [-0.4, -0.2) is 19.3 Å². The van der Waals surface area contributed by atoms with Crippen molar-refractivity contribution in [3.05, 3.63) is 54.2 Å². The predicted octanol–water partition coefficient (Wildman–Crippen LogP) is 0.910. The van der Waals surface area contributed by atoms with Crippen LogP contribution >= 0.6 is 0 Å². The number of amides is 1. The summed E-state index contributed by atoms with van der Waals surface area (Å²) in [6.45, 7) is 0. The minimum Gasteiger partial charge on any atom is -0.369 e. The molecule has 7 heteroatoms. The summed E-state index contributed by atoms with van der Waals surface area (Å²) in [5.41, 5.74) is 5.73. The van der Waals surface area contributed by atoms with Gasteiger partial charge in [-0.2, -0.15) is 0 Å². The number of pyridine rings is 1. The molecule has 104 valence electrons. The Labute approximate surface area is 116 Å². The average molecular weight is 291 g/mol. The number of primary amides is 1. The van der Waals surface area contributed by atoms with Crippen molar-refractivity contribution in [1.29, 1.82) is 0 Å². The van der Waals surface area contributed by atoms with E-state index in [0.29, 0.717) is 5.56 Å². The van der Waals surface area contributed by atoms with Crippen LogP contribution in [0.4, 0.5) is 5.82 Å². The number of nitrogens with zero attached hydrogens (tertiary/aromatic N) is 1. The lowest BCUT2D eigenvalue weighted by Crippen LogP contribution is -2.15. The molecule has 6 nitrogen and oxygen atoms in total. The Balaban J connectivity index is 2.19. The van der Waals surface area contributed by atoms with Crippen LogP contribution in [0.15, 0.2) is 53.6 Å². The second-order valence-corrected chi connectivity index (χ2v) is 5.79. The van der Waals surface area contributed by atoms with Gasteiger partial charge in [-0.25, -0.2) is 13.4 Å². The van der Waals surface area contributed by atoms with E-state index in [4.69, 9.17) is 5.73 Å². The highest BCUT2D eigenvalue weighted by atomic mass is 32.2. The van der Waals surface area contributed by atoms with Gasteiger partial charge >= 0.3 is 0 Å². The molecular weight excluding hydrogens is 278 g/mol. The summed E-state index contributed by atoms with van der Waals surface area (Å²) < 4.78 is 26.5. The molecule has 2 aromatic rings. The maximum absolute atomic E-state index is 12.1. The number of nitrogens with one attached hydrogen (secondary N) is 1. The van der Waals surface area contributed by atoms with E-state index >= 15 is 0 Å². The Morgan fingerprint density at radius 2 is 1.85 bits per heavy atom. The van der Waals surface area contributed by atoms with Crippen LogP contribution in [0.1, 0.15) is 5.56 Å². The van der Waals surface area contributed by atoms with Gasteiger partial charge in [-0.15, -0.1) is 0 Å². The van der Waals surface area contributed by atoms with Gasteiger partial charge in [-0.3, -0.25) is 9.52 Å². The second-order valence-electron chi connectivity index (χ2n) is 4.11. The quantitative estimate of drug-likeness (QED) is 0.854. The van der Waals surface area contributed by atoms with Crippen LogP contribution in [0.2, 0.25) is 0 Å². The fourth-order valence-corrected chi connectivity index (χ4v) is 2.62. The first kappa shape index (κ1) is 14.0. The predicted molar refractivity (Wildman–Crippen MR) is 74.4 cm³/mol. The van der Waals surface area contributed by atoms with Gasteiger partial charge in [0.1, 0.15) is 5.82 Å². The van der Waals surface area contributed by atoms with Crippen molar-refractivity contribution >= 4 is 21.7 Å². The molecule has 0 aliphatic rings. The molecule has 2 rings (SSSR count). The second kappa shape index (κ2) is 5.70. The molecule has 0 radical (unpaired) electrons. The topological polar surface area (TPSA) is 102 Å². The summed E-state index contributed by atoms with van der Waals surface area (Å²) >= 11 is 0. The zero-order valence-corrected chi connectivity index (χ0v) is 11.3. The molecule has 0 spiro atoms. The molecule has 20 heavy (non-hydrogen) atoms. The molecule has 1 heterocycles. The van der Waals surface area contributed by atoms with Gasteiger partial charge in [0.15, 0.2) is 0 Å². The standard InChI is InChI=1S/C13H13N3O3S/c14-12(17)9-10-4-6-11(7-5-10)20(18,19)16-13-3-1-2-8-15-13/h1-8H,9H2,(H2,14,17)(H,15,16). The van der Waals surface area contributed by atoms with Crippen molar-refractivity contribution in [3.63, 3.8) is 0 Å². The lowest BCUT2D eigenvalue weighted by Gasteiger charge is -2.07. The van der Waals surface area contributed by atoms with Crippen molar-refractivity contribution in [2.45, 2.75) is 11.3 Å². The first-order valence-electron chi connectivity index (χ1n) is 5.78. The minimum atomic E-state index is -3.69. The zero-order valence-electron chi connectivity index (χ0n) is 10.5. The molecule has 0 atom stereocenters. The summed E-state index contributed by atoms with van der Waals surface area (Å²) in [4.78, 5) is 14.8. The first-order valence-corrected chi connectivity index (χ1v) is 7.27. The van der Waals surface area contributed by atoms with E-state index in [1.165, 1.54) is 18.3 Å². The summed E-state index contributed by atoms with van der Waals surface area (Å²) in [6.07, 6.45) is 1.57. The van der Waals surface area contributed by atoms with E-state index in [-0.39, 0.29) is 17.1 Å². The number of hydrogen-bond acceptors (Lipinski definition) is 4. The van der Waals surface area contributed by atoms with E-state index < -0.39 is 15.9 Å². The summed E-state index contributed by atoms with van der Waals surface area (Å²) in [6, 6.07) is 10.9. The fraction of sp³-hybridized carbons (Fsp3) is 0.0769. The number of carbonyl (C=O) groups excluding carboxylic acids is 1. The molecule has 0 unspecified atom stereocenters. The number of anilines is 1. The lowest BCUT2D eigenvalue weighted by atomic mass is 10.1. The van der Waals surface area contributed by atoms with E-state index in [2.05, 4.69) is 9.71 Å². The Morgan fingerprint density at radius 1 is 1.15 bits per heavy atom. The minimum absolute atomic E-state index is 0.0774. The molecule has 0 saturated heterocycles. The zero-order chi connectivity index (χ0) is 14.6. The molecule has 0 bridgehead atoms. The Bertz CT molecular complexity index is 697. The fourth-order valence-electron chi connectivity index (χ4n) is 1.61. The molecule has 0 fully saturated rings. The molecule has 1 amide bonds. The van der Waals surface area contributed by atoms with Crippen molar-refractivity contribution in [3.8, 4) is 0 Å². The van der Waals surface area contributed by atoms with Gasteiger partial charge in [0.05, 0.1) is 11.3 Å². The van der Waals surface area contributed by atoms with Crippen LogP contribution in [-0.2, 0) is 21.2 Å². The third kappa shape index (κ3) is 3.55. The van der Waals surface area contributed by atoms with Gasteiger partial charge in [-0.1, -0.05) is 18.2 Å². The van der Waals surface area contributed by atoms with Crippen LogP contribution in [0.25, 0.3) is 0 Å². The summed E-state index contributed by atoms with van der Waals surface area (Å²) in [5, 5.41) is 0. The van der Waals surface area contributed by atoms with Gasteiger partial charge < -0.3 is 5.73 Å². The number of aromatic nitrogens is 1. The van der Waals surface area contributed by atoms with Crippen LogP contribution in [0.3, 0.4) is 0 Å². The number of nitrogens with two attached hydrogens (primary N) is 1. The van der Waals surface area contributed by atoms with E-state index in [0.717, 1.165) is 0 Å². The molecule has 1 aromatic carbocycles. The van der Waals surface area contributed by atoms with Gasteiger partial charge in [0.2, 0.25) is 5.91 Å². The Hall–Kier alpha value is -2.41. The normalized spacial score (nSPS) is 11.0. The van der Waals surface area contributed by atoms with Crippen molar-refractivity contribution in [2.24, 2.45) is 5.73 Å². The number of carbonyl (C=O) groups is 1. The van der Waals surface area contributed by atoms with Crippen LogP contribution in [0.5, 0.6) is 0 Å². The highest BCUT2D eigenvalue weighted by Crippen LogP contribution is 2.15. The van der Waals surface area contributed by atoms with Gasteiger partial charge in [0, 0.05) is 6.20 Å². The highest BCUT2D eigenvalue weighted by molar-refractivity contribution is 7.92. The third-order valence-electron chi connectivity index (χ3n) is 2.52. The smallest absolute Gasteiger partial charge is 0.263 e. The molecule has 0 saturated carbocycles. The molecule has 0 aliphatic heterocycles. The van der Waals surface area contributed by atoms with Crippen molar-refractivity contribution in [1.82, 2.24) is 4.98 Å². The highest BCUT2D eigenvalue weighted by Gasteiger charge is 2.14. The largest absolute Gasteiger partial charge is 0.369 e. The number of benzene rings is 1. The van der Waals surface area contributed by atoms with Crippen molar-refractivity contribution in [2.75, 3.05) is 4.72 Å². The molecular formula is C13H13N3O3S. The Kier molecular flexibility index (Phi) is 3.99. The van der Waals surface area contributed by atoms with Crippen LogP contribution < -0.4 is 10.5 Å². The van der Waals surface area contributed by atoms with Gasteiger partial charge in [-0.05, 0) is 29.8 Å². The first-order chi connectivity index (χ1) is 9.47. The maximum atomic E-state index is 12.1. The van der Waals surface area contributed by atoms with Crippen molar-refractivity contribution < 1.29 is 13.2 Å². The van der Waals surface area contributed by atoms with E-state index in [1.807, 2.05) is 0 Å². The number of rotatable bonds is 5. The summed E-state index contributed by atoms with van der Waals surface area (Å²) in [7, 11) is -3.69. The Morgan fingerprint density at radius 3 is 2.40 bits per heavy atom. The van der Waals surface area contributed by atoms with Gasteiger partial charge in [0.25, 0.3) is 10.0 Å². The van der Waals surface area contributed by atoms with Crippen LogP contribution in [0, 0.1) is 0 Å². The third-order valence-corrected chi connectivity index (χ3v) is 3.89. The molecule has 3 N–H and O–H groups in total. The maximum Gasteiger partial charge on any atom is 0.263 e. The van der Waals surface area contributed by atoms with E-state index in [9.17, 15) is 13.2 Å². The molecule has 1 aromatic heterocycles. The number of hydrogen-bond donors (Lipinski definition) is 2. The van der Waals surface area contributed by atoms with E-state index in [1.54, 1.807) is 30.3 Å². The molecule has 0 aliphatic carbocycles. The summed E-state index contributed by atoms with van der Waals surface area (Å²) in [5.74, 6) is -0.221. The lowest BCUT2D eigenvalue weighted by molar-refractivity contribution is -0.117. The SMILES string of the molecule is NC(=O)Cc1ccc(S(=O)(=O)Nc2ccccn2)cc1. The monoisotopic (exact) mass is 291 g/mol.